The zero-order chi connectivity index (χ0) is 16.9. The van der Waals surface area contributed by atoms with Gasteiger partial charge >= 0.3 is 6.18 Å². The van der Waals surface area contributed by atoms with Gasteiger partial charge in [0.2, 0.25) is 5.91 Å². The van der Waals surface area contributed by atoms with Crippen molar-refractivity contribution in [3.8, 4) is 0 Å². The molecule has 2 N–H and O–H groups in total. The summed E-state index contributed by atoms with van der Waals surface area (Å²) in [5, 5.41) is 22.9. The van der Waals surface area contributed by atoms with Crippen LogP contribution in [0.5, 0.6) is 0 Å². The lowest BCUT2D eigenvalue weighted by atomic mass is 10.1. The van der Waals surface area contributed by atoms with Crippen molar-refractivity contribution in [2.75, 3.05) is 26.7 Å². The SMILES string of the molecule is CN1N=C(C(=O)N(CCC(F)(F)F)C[C@H](O)CO)CCC1=O. The van der Waals surface area contributed by atoms with Crippen molar-refractivity contribution in [2.24, 2.45) is 5.10 Å². The highest BCUT2D eigenvalue weighted by molar-refractivity contribution is 6.39. The number of hydrogen-bond acceptors (Lipinski definition) is 5. The molecular weight excluding hydrogens is 307 g/mol. The molecule has 1 atom stereocenters. The molecule has 0 radical (unpaired) electrons. The highest BCUT2D eigenvalue weighted by Gasteiger charge is 2.32. The highest BCUT2D eigenvalue weighted by Crippen LogP contribution is 2.20. The van der Waals surface area contributed by atoms with Crippen molar-refractivity contribution >= 4 is 17.5 Å². The Kier molecular flexibility index (Phi) is 6.30. The molecule has 0 spiro atoms. The summed E-state index contributed by atoms with van der Waals surface area (Å²) < 4.78 is 37.0. The molecule has 0 aromatic rings. The van der Waals surface area contributed by atoms with Crippen molar-refractivity contribution in [2.45, 2.75) is 31.5 Å². The zero-order valence-electron chi connectivity index (χ0n) is 12.0. The number of hydrazone groups is 1. The number of amides is 2. The molecule has 10 heteroatoms. The monoisotopic (exact) mass is 325 g/mol. The maximum atomic E-state index is 12.3. The summed E-state index contributed by atoms with van der Waals surface area (Å²) in [5.74, 6) is -1.08. The number of carbonyl (C=O) groups excluding carboxylic acids is 2. The Morgan fingerprint density at radius 2 is 2.09 bits per heavy atom. The smallest absolute Gasteiger partial charge is 0.390 e. The van der Waals surface area contributed by atoms with Crippen LogP contribution in [-0.4, -0.2) is 76.7 Å². The summed E-state index contributed by atoms with van der Waals surface area (Å²) in [4.78, 5) is 24.3. The third-order valence-corrected chi connectivity index (χ3v) is 3.05. The number of nitrogens with zero attached hydrogens (tertiary/aromatic N) is 3. The van der Waals surface area contributed by atoms with Crippen LogP contribution in [0.1, 0.15) is 19.3 Å². The van der Waals surface area contributed by atoms with Gasteiger partial charge in [-0.1, -0.05) is 0 Å². The molecule has 0 fully saturated rings. The number of aliphatic hydroxyl groups excluding tert-OH is 2. The molecule has 0 aliphatic carbocycles. The summed E-state index contributed by atoms with van der Waals surface area (Å²) >= 11 is 0. The van der Waals surface area contributed by atoms with Crippen molar-refractivity contribution in [1.29, 1.82) is 0 Å². The van der Waals surface area contributed by atoms with Gasteiger partial charge in [0, 0.05) is 33.0 Å². The number of alkyl halides is 3. The molecule has 126 valence electrons. The third-order valence-electron chi connectivity index (χ3n) is 3.05. The number of carbonyl (C=O) groups is 2. The van der Waals surface area contributed by atoms with E-state index in [2.05, 4.69) is 5.10 Å². The topological polar surface area (TPSA) is 93.4 Å². The summed E-state index contributed by atoms with van der Waals surface area (Å²) in [6.07, 6.45) is -6.97. The van der Waals surface area contributed by atoms with E-state index in [0.29, 0.717) is 0 Å². The standard InChI is InChI=1S/C12H18F3N3O4/c1-17-10(21)3-2-9(16-17)11(22)18(6-8(20)7-19)5-4-12(13,14)15/h8,19-20H,2-7H2,1H3/t8-/m0/s1. The van der Waals surface area contributed by atoms with E-state index in [1.54, 1.807) is 0 Å². The normalized spacial score (nSPS) is 17.3. The van der Waals surface area contributed by atoms with Crippen LogP contribution in [-0.2, 0) is 9.59 Å². The van der Waals surface area contributed by atoms with Crippen molar-refractivity contribution in [1.82, 2.24) is 9.91 Å². The number of aliphatic hydroxyl groups is 2. The Balaban J connectivity index is 2.82. The van der Waals surface area contributed by atoms with Gasteiger partial charge in [0.15, 0.2) is 0 Å². The second-order valence-corrected chi connectivity index (χ2v) is 4.92. The first-order chi connectivity index (χ1) is 10.1. The molecule has 0 aromatic heterocycles. The molecule has 0 unspecified atom stereocenters. The predicted molar refractivity (Wildman–Crippen MR) is 69.8 cm³/mol. The Hall–Kier alpha value is -1.68. The van der Waals surface area contributed by atoms with Gasteiger partial charge in [-0.3, -0.25) is 9.59 Å². The second kappa shape index (κ2) is 7.54. The Morgan fingerprint density at radius 1 is 1.45 bits per heavy atom. The minimum absolute atomic E-state index is 0.0275. The fourth-order valence-corrected chi connectivity index (χ4v) is 1.86. The van der Waals surface area contributed by atoms with Crippen LogP contribution >= 0.6 is 0 Å². The molecule has 0 bridgehead atoms. The summed E-state index contributed by atoms with van der Waals surface area (Å²) in [6, 6.07) is 0. The predicted octanol–water partition coefficient (Wildman–Crippen LogP) is -0.271. The van der Waals surface area contributed by atoms with Crippen LogP contribution in [0.25, 0.3) is 0 Å². The van der Waals surface area contributed by atoms with E-state index in [1.165, 1.54) is 7.05 Å². The van der Waals surface area contributed by atoms with Gasteiger partial charge in [-0.25, -0.2) is 5.01 Å². The lowest BCUT2D eigenvalue weighted by Crippen LogP contribution is -2.45. The molecule has 2 amide bonds. The van der Waals surface area contributed by atoms with E-state index in [1.807, 2.05) is 0 Å². The summed E-state index contributed by atoms with van der Waals surface area (Å²) in [6.45, 7) is -1.78. The first kappa shape index (κ1) is 18.4. The maximum Gasteiger partial charge on any atom is 0.390 e. The molecule has 0 saturated carbocycles. The fourth-order valence-electron chi connectivity index (χ4n) is 1.86. The maximum absolute atomic E-state index is 12.3. The van der Waals surface area contributed by atoms with E-state index in [4.69, 9.17) is 5.11 Å². The van der Waals surface area contributed by atoms with Gasteiger partial charge in [-0.15, -0.1) is 0 Å². The first-order valence-corrected chi connectivity index (χ1v) is 6.63. The van der Waals surface area contributed by atoms with Crippen LogP contribution in [0.2, 0.25) is 0 Å². The van der Waals surface area contributed by atoms with Crippen LogP contribution in [0.4, 0.5) is 13.2 Å². The van der Waals surface area contributed by atoms with Crippen LogP contribution in [0.3, 0.4) is 0 Å². The average Bonchev–Trinajstić information content (AvgIpc) is 2.44. The van der Waals surface area contributed by atoms with Gasteiger partial charge < -0.3 is 15.1 Å². The minimum Gasteiger partial charge on any atom is -0.394 e. The minimum atomic E-state index is -4.45. The van der Waals surface area contributed by atoms with Crippen LogP contribution in [0, 0.1) is 0 Å². The summed E-state index contributed by atoms with van der Waals surface area (Å²) in [5.41, 5.74) is -0.0468. The molecule has 1 aliphatic rings. The second-order valence-electron chi connectivity index (χ2n) is 4.92. The lowest BCUT2D eigenvalue weighted by molar-refractivity contribution is -0.144. The Bertz CT molecular complexity index is 453. The Morgan fingerprint density at radius 3 is 2.59 bits per heavy atom. The number of hydrogen-bond donors (Lipinski definition) is 2. The van der Waals surface area contributed by atoms with Crippen molar-refractivity contribution in [3.63, 3.8) is 0 Å². The third kappa shape index (κ3) is 5.60. The highest BCUT2D eigenvalue weighted by atomic mass is 19.4. The van der Waals surface area contributed by atoms with Gasteiger partial charge in [-0.05, 0) is 0 Å². The van der Waals surface area contributed by atoms with E-state index in [0.717, 1.165) is 9.91 Å². The molecule has 1 aliphatic heterocycles. The van der Waals surface area contributed by atoms with Crippen molar-refractivity contribution < 1.29 is 33.0 Å². The quantitative estimate of drug-likeness (QED) is 0.703. The van der Waals surface area contributed by atoms with Crippen LogP contribution in [0.15, 0.2) is 5.10 Å². The van der Waals surface area contributed by atoms with Gasteiger partial charge in [0.25, 0.3) is 5.91 Å². The molecule has 22 heavy (non-hydrogen) atoms. The van der Waals surface area contributed by atoms with Gasteiger partial charge in [0.1, 0.15) is 5.71 Å². The largest absolute Gasteiger partial charge is 0.394 e. The Labute approximate surface area is 125 Å². The van der Waals surface area contributed by atoms with E-state index in [-0.39, 0.29) is 24.5 Å². The van der Waals surface area contributed by atoms with Crippen LogP contribution < -0.4 is 0 Å². The van der Waals surface area contributed by atoms with Gasteiger partial charge in [0.05, 0.1) is 19.1 Å². The van der Waals surface area contributed by atoms with E-state index >= 15 is 0 Å². The molecule has 0 aromatic carbocycles. The first-order valence-electron chi connectivity index (χ1n) is 6.63. The van der Waals surface area contributed by atoms with E-state index in [9.17, 15) is 27.9 Å². The summed E-state index contributed by atoms with van der Waals surface area (Å²) in [7, 11) is 1.34. The van der Waals surface area contributed by atoms with Crippen molar-refractivity contribution in [3.05, 3.63) is 0 Å². The molecule has 1 heterocycles. The van der Waals surface area contributed by atoms with E-state index < -0.39 is 44.3 Å². The average molecular weight is 325 g/mol. The van der Waals surface area contributed by atoms with Gasteiger partial charge in [-0.2, -0.15) is 18.3 Å². The number of halogens is 3. The lowest BCUT2D eigenvalue weighted by Gasteiger charge is -2.27. The molecule has 7 nitrogen and oxygen atoms in total. The fraction of sp³-hybridized carbons (Fsp3) is 0.750. The zero-order valence-corrected chi connectivity index (χ0v) is 12.0. The molecular formula is C12H18F3N3O4. The molecule has 0 saturated heterocycles. The number of rotatable bonds is 6. The molecule has 1 rings (SSSR count).